The molecule has 1 fully saturated rings. The van der Waals surface area contributed by atoms with E-state index in [2.05, 4.69) is 29.2 Å². The van der Waals surface area contributed by atoms with E-state index in [4.69, 9.17) is 17.0 Å². The van der Waals surface area contributed by atoms with Gasteiger partial charge in [0.2, 0.25) is 0 Å². The maximum atomic E-state index is 12.4. The highest BCUT2D eigenvalue weighted by Gasteiger charge is 2.22. The fourth-order valence-corrected chi connectivity index (χ4v) is 4.99. The minimum atomic E-state index is -0.107. The molecule has 1 atom stereocenters. The Kier molecular flexibility index (Phi) is 7.87. The molecule has 1 aliphatic carbocycles. The van der Waals surface area contributed by atoms with Crippen LogP contribution in [0.1, 0.15) is 46.3 Å². The maximum Gasteiger partial charge on any atom is 0.279 e. The number of carbonyl (C=O) groups excluding carboxylic acids is 1. The predicted octanol–water partition coefficient (Wildman–Crippen LogP) is 0.677. The van der Waals surface area contributed by atoms with Crippen molar-refractivity contribution in [2.75, 3.05) is 39.4 Å². The molecule has 27 heavy (non-hydrogen) atoms. The van der Waals surface area contributed by atoms with Crippen LogP contribution in [-0.2, 0) is 17.6 Å². The number of thiocarbonyl (C=S) groups is 1. The Hall–Kier alpha value is -1.22. The summed E-state index contributed by atoms with van der Waals surface area (Å²) in [4.78, 5) is 16.1. The van der Waals surface area contributed by atoms with Crippen LogP contribution in [0.5, 0.6) is 0 Å². The Morgan fingerprint density at radius 1 is 1.37 bits per heavy atom. The zero-order chi connectivity index (χ0) is 19.1. The number of thiophene rings is 1. The summed E-state index contributed by atoms with van der Waals surface area (Å²) in [6.07, 6.45) is 5.70. The third kappa shape index (κ3) is 6.14. The lowest BCUT2D eigenvalue weighted by atomic mass is 9.87. The number of quaternary nitrogens is 1. The van der Waals surface area contributed by atoms with Crippen molar-refractivity contribution in [2.24, 2.45) is 5.92 Å². The Morgan fingerprint density at radius 3 is 2.96 bits per heavy atom. The Morgan fingerprint density at radius 2 is 2.19 bits per heavy atom. The van der Waals surface area contributed by atoms with Crippen LogP contribution in [0.15, 0.2) is 6.07 Å². The van der Waals surface area contributed by atoms with Gasteiger partial charge < -0.3 is 15.0 Å². The molecule has 3 rings (SSSR count). The van der Waals surface area contributed by atoms with Gasteiger partial charge in [0.1, 0.15) is 13.1 Å². The van der Waals surface area contributed by atoms with Gasteiger partial charge in [-0.1, -0.05) is 13.3 Å². The van der Waals surface area contributed by atoms with E-state index in [1.807, 2.05) is 0 Å². The van der Waals surface area contributed by atoms with E-state index in [1.165, 1.54) is 23.3 Å². The molecule has 0 unspecified atom stereocenters. The first-order valence-corrected chi connectivity index (χ1v) is 11.2. The maximum absolute atomic E-state index is 12.4. The summed E-state index contributed by atoms with van der Waals surface area (Å²) in [5.74, 6) is 0.654. The first-order chi connectivity index (χ1) is 13.2. The van der Waals surface area contributed by atoms with Crippen LogP contribution in [0.4, 0.5) is 0 Å². The highest BCUT2D eigenvalue weighted by Crippen LogP contribution is 2.33. The summed E-state index contributed by atoms with van der Waals surface area (Å²) in [5, 5.41) is 3.62. The Labute approximate surface area is 171 Å². The Bertz CT molecular complexity index is 644. The molecule has 8 heteroatoms. The van der Waals surface area contributed by atoms with E-state index < -0.39 is 0 Å². The molecular weight excluding hydrogens is 380 g/mol. The number of hydrogen-bond acceptors (Lipinski definition) is 4. The first kappa shape index (κ1) is 20.5. The summed E-state index contributed by atoms with van der Waals surface area (Å²) in [6, 6.07) is 2.06. The van der Waals surface area contributed by atoms with Gasteiger partial charge in [-0.05, 0) is 49.0 Å². The van der Waals surface area contributed by atoms with E-state index in [1.54, 1.807) is 16.2 Å². The summed E-state index contributed by atoms with van der Waals surface area (Å²) in [6.45, 7) is 8.06. The lowest BCUT2D eigenvalue weighted by Crippen LogP contribution is -3.14. The number of amides is 1. The average molecular weight is 412 g/mol. The monoisotopic (exact) mass is 411 g/mol. The molecule has 2 aliphatic rings. The fourth-order valence-electron chi connectivity index (χ4n) is 3.73. The van der Waals surface area contributed by atoms with Crippen molar-refractivity contribution in [3.8, 4) is 0 Å². The summed E-state index contributed by atoms with van der Waals surface area (Å²) < 4.78 is 5.37. The van der Waals surface area contributed by atoms with Gasteiger partial charge in [-0.2, -0.15) is 0 Å². The number of hydrogen-bond donors (Lipinski definition) is 4. The third-order valence-corrected chi connectivity index (χ3v) is 6.95. The van der Waals surface area contributed by atoms with Crippen molar-refractivity contribution in [1.29, 1.82) is 0 Å². The van der Waals surface area contributed by atoms with Crippen LogP contribution >= 0.6 is 23.6 Å². The van der Waals surface area contributed by atoms with Crippen LogP contribution in [-0.4, -0.2) is 50.4 Å². The van der Waals surface area contributed by atoms with E-state index in [0.717, 1.165) is 69.5 Å². The second-order valence-electron chi connectivity index (χ2n) is 7.38. The normalized spacial score (nSPS) is 20.0. The first-order valence-electron chi connectivity index (χ1n) is 10.0. The van der Waals surface area contributed by atoms with Crippen molar-refractivity contribution >= 4 is 34.6 Å². The van der Waals surface area contributed by atoms with Crippen LogP contribution in [0.2, 0.25) is 0 Å². The lowest BCUT2D eigenvalue weighted by Gasteiger charge is -2.23. The quantitative estimate of drug-likeness (QED) is 0.315. The van der Waals surface area contributed by atoms with Gasteiger partial charge in [0, 0.05) is 17.8 Å². The van der Waals surface area contributed by atoms with Gasteiger partial charge >= 0.3 is 0 Å². The van der Waals surface area contributed by atoms with Crippen molar-refractivity contribution < 1.29 is 14.4 Å². The minimum Gasteiger partial charge on any atom is -0.370 e. The second-order valence-corrected chi connectivity index (χ2v) is 8.92. The molecule has 1 aromatic rings. The molecule has 0 saturated carbocycles. The van der Waals surface area contributed by atoms with Crippen LogP contribution in [0, 0.1) is 5.92 Å². The summed E-state index contributed by atoms with van der Waals surface area (Å²) >= 11 is 6.87. The smallest absolute Gasteiger partial charge is 0.279 e. The average Bonchev–Trinajstić information content (AvgIpc) is 3.13. The molecule has 2 heterocycles. The number of fused-ring (bicyclic) bond motifs is 1. The van der Waals surface area contributed by atoms with Crippen molar-refractivity contribution in [2.45, 2.75) is 39.0 Å². The summed E-state index contributed by atoms with van der Waals surface area (Å²) in [7, 11) is 0. The van der Waals surface area contributed by atoms with Crippen LogP contribution in [0.25, 0.3) is 0 Å². The van der Waals surface area contributed by atoms with Gasteiger partial charge in [-0.15, -0.1) is 11.3 Å². The molecule has 6 nitrogen and oxygen atoms in total. The second kappa shape index (κ2) is 10.4. The van der Waals surface area contributed by atoms with Gasteiger partial charge in [-0.25, -0.2) is 0 Å². The fraction of sp³-hybridized carbons (Fsp3) is 0.684. The molecule has 1 amide bonds. The molecule has 0 spiro atoms. The molecule has 0 aromatic carbocycles. The molecule has 1 aliphatic heterocycles. The standard InChI is InChI=1S/C19H30N4O2S2/c1-2-14-4-5-16-15(12-14)13-17(27-16)18(24)21-22-19(26)20-6-3-7-23-8-10-25-11-9-23/h13-14H,2-12H2,1H3,(H,21,24)(H2,20,22,26)/p+1/t14-/m0/s1. The van der Waals surface area contributed by atoms with Crippen LogP contribution in [0.3, 0.4) is 0 Å². The van der Waals surface area contributed by atoms with E-state index >= 15 is 0 Å². The molecule has 1 saturated heterocycles. The molecule has 1 aromatic heterocycles. The molecule has 0 bridgehead atoms. The third-order valence-electron chi connectivity index (χ3n) is 5.47. The zero-order valence-corrected chi connectivity index (χ0v) is 17.7. The molecule has 0 radical (unpaired) electrons. The highest BCUT2D eigenvalue weighted by molar-refractivity contribution is 7.80. The van der Waals surface area contributed by atoms with Gasteiger partial charge in [0.25, 0.3) is 5.91 Å². The van der Waals surface area contributed by atoms with Crippen LogP contribution < -0.4 is 21.1 Å². The largest absolute Gasteiger partial charge is 0.370 e. The SMILES string of the molecule is CC[C@H]1CCc2sc(C(=O)NNC(=S)NCCC[NH+]3CCOCC3)cc2C1. The minimum absolute atomic E-state index is 0.107. The number of hydrazine groups is 1. The van der Waals surface area contributed by atoms with Crippen molar-refractivity contribution in [3.05, 3.63) is 21.4 Å². The Balaban J connectivity index is 1.34. The van der Waals surface area contributed by atoms with Crippen molar-refractivity contribution in [3.63, 3.8) is 0 Å². The predicted molar refractivity (Wildman–Crippen MR) is 112 cm³/mol. The number of morpholine rings is 1. The number of nitrogens with one attached hydrogen (secondary N) is 4. The number of rotatable bonds is 6. The number of ether oxygens (including phenoxy) is 1. The lowest BCUT2D eigenvalue weighted by molar-refractivity contribution is -0.908. The van der Waals surface area contributed by atoms with E-state index in [0.29, 0.717) is 5.11 Å². The summed E-state index contributed by atoms with van der Waals surface area (Å²) in [5.41, 5.74) is 6.90. The van der Waals surface area contributed by atoms with E-state index in [-0.39, 0.29) is 5.91 Å². The molecule has 4 N–H and O–H groups in total. The topological polar surface area (TPSA) is 66.8 Å². The van der Waals surface area contributed by atoms with Crippen molar-refractivity contribution in [1.82, 2.24) is 16.2 Å². The molecular formula is C19H31N4O2S2+. The zero-order valence-electron chi connectivity index (χ0n) is 16.1. The number of aryl methyl sites for hydroxylation is 1. The number of carbonyl (C=O) groups is 1. The van der Waals surface area contributed by atoms with E-state index in [9.17, 15) is 4.79 Å². The van der Waals surface area contributed by atoms with Gasteiger partial charge in [0.05, 0.1) is 24.6 Å². The van der Waals surface area contributed by atoms with Gasteiger partial charge in [0.15, 0.2) is 5.11 Å². The molecule has 150 valence electrons. The highest BCUT2D eigenvalue weighted by atomic mass is 32.1. The van der Waals surface area contributed by atoms with Gasteiger partial charge in [-0.3, -0.25) is 15.6 Å².